The summed E-state index contributed by atoms with van der Waals surface area (Å²) in [6, 6.07) is 6.22. The topological polar surface area (TPSA) is 60.7 Å². The van der Waals surface area contributed by atoms with E-state index in [4.69, 9.17) is 0 Å². The van der Waals surface area contributed by atoms with Crippen LogP contribution in [0.25, 0.3) is 0 Å². The van der Waals surface area contributed by atoms with Gasteiger partial charge in [-0.05, 0) is 16.8 Å². The molecule has 0 N–H and O–H groups in total. The van der Waals surface area contributed by atoms with Gasteiger partial charge in [0.1, 0.15) is 11.6 Å². The van der Waals surface area contributed by atoms with E-state index < -0.39 is 0 Å². The van der Waals surface area contributed by atoms with E-state index in [-0.39, 0.29) is 24.4 Å². The Morgan fingerprint density at radius 1 is 1.35 bits per heavy atom. The number of halogens is 1. The van der Waals surface area contributed by atoms with E-state index in [0.717, 1.165) is 0 Å². The van der Waals surface area contributed by atoms with Gasteiger partial charge >= 0.3 is 0 Å². The first-order valence-corrected chi connectivity index (χ1v) is 5.13. The smallest absolute Gasteiger partial charge is 0.182 e. The normalized spacial score (nSPS) is 10.5. The molecule has 1 aromatic heterocycles. The minimum Gasteiger partial charge on any atom is -0.299 e. The summed E-state index contributed by atoms with van der Waals surface area (Å²) in [6.45, 7) is 0. The lowest BCUT2D eigenvalue weighted by Gasteiger charge is -2.00. The van der Waals surface area contributed by atoms with Crippen molar-refractivity contribution in [1.82, 2.24) is 20.2 Å². The Labute approximate surface area is 97.3 Å². The summed E-state index contributed by atoms with van der Waals surface area (Å²) in [6.07, 6.45) is 0.118. The third-order valence-corrected chi connectivity index (χ3v) is 2.25. The van der Waals surface area contributed by atoms with Crippen LogP contribution in [0.4, 0.5) is 4.39 Å². The van der Waals surface area contributed by atoms with Crippen LogP contribution in [0.5, 0.6) is 0 Å². The Morgan fingerprint density at radius 3 is 2.76 bits per heavy atom. The molecule has 6 heteroatoms. The number of tetrazole rings is 1. The van der Waals surface area contributed by atoms with Crippen molar-refractivity contribution in [2.75, 3.05) is 0 Å². The number of hydrogen-bond donors (Lipinski definition) is 0. The number of aryl methyl sites for hydroxylation is 1. The number of nitrogens with zero attached hydrogens (tertiary/aromatic N) is 4. The zero-order chi connectivity index (χ0) is 12.3. The number of Topliss-reactive ketones (excluding diaryl/α,β-unsaturated/α-hetero) is 1. The molecule has 17 heavy (non-hydrogen) atoms. The van der Waals surface area contributed by atoms with Crippen molar-refractivity contribution >= 4 is 5.78 Å². The SMILES string of the molecule is Cn1nnc(CC(=O)Cc2ccccc2F)n1. The molecule has 0 saturated carbocycles. The largest absolute Gasteiger partial charge is 0.299 e. The van der Waals surface area contributed by atoms with Gasteiger partial charge in [0.15, 0.2) is 5.82 Å². The van der Waals surface area contributed by atoms with E-state index in [1.165, 1.54) is 10.9 Å². The molecule has 0 bridgehead atoms. The number of hydrogen-bond acceptors (Lipinski definition) is 4. The number of aromatic nitrogens is 4. The van der Waals surface area contributed by atoms with Gasteiger partial charge in [0.2, 0.25) is 0 Å². The predicted octanol–water partition coefficient (Wildman–Crippen LogP) is 0.703. The van der Waals surface area contributed by atoms with Gasteiger partial charge in [0, 0.05) is 6.42 Å². The Kier molecular flexibility index (Phi) is 3.22. The van der Waals surface area contributed by atoms with E-state index in [2.05, 4.69) is 15.4 Å². The quantitative estimate of drug-likeness (QED) is 0.781. The van der Waals surface area contributed by atoms with E-state index in [1.807, 2.05) is 0 Å². The van der Waals surface area contributed by atoms with Crippen LogP contribution in [0.2, 0.25) is 0 Å². The molecule has 1 heterocycles. The number of ketones is 1. The fourth-order valence-corrected chi connectivity index (χ4v) is 1.49. The van der Waals surface area contributed by atoms with E-state index >= 15 is 0 Å². The second kappa shape index (κ2) is 4.82. The Morgan fingerprint density at radius 2 is 2.12 bits per heavy atom. The van der Waals surface area contributed by atoms with E-state index in [0.29, 0.717) is 11.4 Å². The van der Waals surface area contributed by atoms with Crippen molar-refractivity contribution in [3.63, 3.8) is 0 Å². The Bertz CT molecular complexity index is 538. The van der Waals surface area contributed by atoms with Crippen LogP contribution >= 0.6 is 0 Å². The molecule has 0 radical (unpaired) electrons. The first kappa shape index (κ1) is 11.4. The van der Waals surface area contributed by atoms with Crippen LogP contribution in [0.3, 0.4) is 0 Å². The molecule has 0 atom stereocenters. The molecule has 0 amide bonds. The fourth-order valence-electron chi connectivity index (χ4n) is 1.49. The van der Waals surface area contributed by atoms with Crippen LogP contribution in [-0.4, -0.2) is 26.0 Å². The lowest BCUT2D eigenvalue weighted by atomic mass is 10.1. The second-order valence-corrected chi connectivity index (χ2v) is 3.68. The number of carbonyl (C=O) groups is 1. The average Bonchev–Trinajstić information content (AvgIpc) is 2.67. The van der Waals surface area contributed by atoms with Gasteiger partial charge in [-0.15, -0.1) is 10.2 Å². The molecular formula is C11H11FN4O. The Hall–Kier alpha value is -2.11. The van der Waals surface area contributed by atoms with Gasteiger partial charge in [-0.1, -0.05) is 18.2 Å². The molecule has 0 fully saturated rings. The maximum absolute atomic E-state index is 13.3. The minimum absolute atomic E-state index is 0.0466. The third-order valence-electron chi connectivity index (χ3n) is 2.25. The van der Waals surface area contributed by atoms with Crippen molar-refractivity contribution in [3.8, 4) is 0 Å². The van der Waals surface area contributed by atoms with Crippen molar-refractivity contribution in [3.05, 3.63) is 41.5 Å². The molecule has 5 nitrogen and oxygen atoms in total. The molecule has 0 unspecified atom stereocenters. The highest BCUT2D eigenvalue weighted by Crippen LogP contribution is 2.08. The molecule has 1 aromatic carbocycles. The van der Waals surface area contributed by atoms with Crippen LogP contribution in [0, 0.1) is 5.82 Å². The minimum atomic E-state index is -0.368. The predicted molar refractivity (Wildman–Crippen MR) is 57.6 cm³/mol. The summed E-state index contributed by atoms with van der Waals surface area (Å²) in [5, 5.41) is 11.2. The summed E-state index contributed by atoms with van der Waals surface area (Å²) in [4.78, 5) is 12.9. The number of benzene rings is 1. The molecule has 2 rings (SSSR count). The van der Waals surface area contributed by atoms with Crippen molar-refractivity contribution in [2.24, 2.45) is 7.05 Å². The number of carbonyl (C=O) groups excluding carboxylic acids is 1. The molecular weight excluding hydrogens is 223 g/mol. The van der Waals surface area contributed by atoms with Crippen molar-refractivity contribution < 1.29 is 9.18 Å². The molecule has 0 spiro atoms. The first-order valence-electron chi connectivity index (χ1n) is 5.13. The van der Waals surface area contributed by atoms with E-state index in [1.54, 1.807) is 25.2 Å². The van der Waals surface area contributed by atoms with Crippen LogP contribution in [0.1, 0.15) is 11.4 Å². The lowest BCUT2D eigenvalue weighted by molar-refractivity contribution is -0.117. The summed E-state index contributed by atoms with van der Waals surface area (Å²) in [5.74, 6) is -0.148. The molecule has 2 aromatic rings. The molecule has 0 aliphatic rings. The third kappa shape index (κ3) is 2.93. The fraction of sp³-hybridized carbons (Fsp3) is 0.273. The molecule has 0 aliphatic heterocycles. The van der Waals surface area contributed by atoms with Crippen LogP contribution in [-0.2, 0) is 24.7 Å². The lowest BCUT2D eigenvalue weighted by Crippen LogP contribution is -2.09. The van der Waals surface area contributed by atoms with Gasteiger partial charge < -0.3 is 0 Å². The average molecular weight is 234 g/mol. The molecule has 88 valence electrons. The Balaban J connectivity index is 2.01. The maximum atomic E-state index is 13.3. The summed E-state index contributed by atoms with van der Waals surface area (Å²) in [7, 11) is 1.62. The maximum Gasteiger partial charge on any atom is 0.182 e. The summed E-state index contributed by atoms with van der Waals surface area (Å²) >= 11 is 0. The zero-order valence-electron chi connectivity index (χ0n) is 9.30. The van der Waals surface area contributed by atoms with Gasteiger partial charge in [-0.25, -0.2) is 4.39 Å². The molecule has 0 saturated heterocycles. The highest BCUT2D eigenvalue weighted by atomic mass is 19.1. The summed E-state index contributed by atoms with van der Waals surface area (Å²) < 4.78 is 13.3. The monoisotopic (exact) mass is 234 g/mol. The van der Waals surface area contributed by atoms with Crippen molar-refractivity contribution in [1.29, 1.82) is 0 Å². The summed E-state index contributed by atoms with van der Waals surface area (Å²) in [5.41, 5.74) is 0.390. The second-order valence-electron chi connectivity index (χ2n) is 3.68. The van der Waals surface area contributed by atoms with Gasteiger partial charge in [-0.3, -0.25) is 4.79 Å². The highest BCUT2D eigenvalue weighted by Gasteiger charge is 2.11. The standard InChI is InChI=1S/C11H11FN4O/c1-16-14-11(13-15-16)7-9(17)6-8-4-2-3-5-10(8)12/h2-5H,6-7H2,1H3. The van der Waals surface area contributed by atoms with Crippen molar-refractivity contribution in [2.45, 2.75) is 12.8 Å². The van der Waals surface area contributed by atoms with Gasteiger partial charge in [0.25, 0.3) is 0 Å². The van der Waals surface area contributed by atoms with E-state index in [9.17, 15) is 9.18 Å². The molecule has 0 aliphatic carbocycles. The van der Waals surface area contributed by atoms with Crippen LogP contribution < -0.4 is 0 Å². The zero-order valence-corrected chi connectivity index (χ0v) is 9.30. The van der Waals surface area contributed by atoms with Gasteiger partial charge in [0.05, 0.1) is 13.5 Å². The van der Waals surface area contributed by atoms with Gasteiger partial charge in [-0.2, -0.15) is 4.80 Å². The first-order chi connectivity index (χ1) is 8.15. The number of rotatable bonds is 4. The highest BCUT2D eigenvalue weighted by molar-refractivity contribution is 5.82. The van der Waals surface area contributed by atoms with Crippen LogP contribution in [0.15, 0.2) is 24.3 Å².